The quantitative estimate of drug-likeness (QED) is 0.939. The van der Waals surface area contributed by atoms with Gasteiger partial charge in [-0.05, 0) is 25.5 Å². The SMILES string of the molecule is COc1ncc(NC(=O)c2cc(C)ccc2C)c(N(C)C)n1. The summed E-state index contributed by atoms with van der Waals surface area (Å²) >= 11 is 0. The van der Waals surface area contributed by atoms with Crippen LogP contribution < -0.4 is 15.0 Å². The molecule has 0 aliphatic carbocycles. The predicted octanol–water partition coefficient (Wildman–Crippen LogP) is 2.42. The van der Waals surface area contributed by atoms with Gasteiger partial charge in [0, 0.05) is 19.7 Å². The molecule has 0 fully saturated rings. The van der Waals surface area contributed by atoms with Gasteiger partial charge in [0.15, 0.2) is 5.82 Å². The summed E-state index contributed by atoms with van der Waals surface area (Å²) in [6.45, 7) is 3.86. The first-order valence-electron chi connectivity index (χ1n) is 6.89. The van der Waals surface area contributed by atoms with Gasteiger partial charge in [0.25, 0.3) is 5.91 Å². The number of aromatic nitrogens is 2. The molecule has 2 rings (SSSR count). The van der Waals surface area contributed by atoms with E-state index in [1.807, 2.05) is 46.1 Å². The standard InChI is InChI=1S/C16H20N4O2/c1-10-6-7-11(2)12(8-10)15(21)18-13-9-17-16(22-5)19-14(13)20(3)4/h6-9H,1-5H3,(H,18,21). The molecule has 0 aliphatic heterocycles. The minimum absolute atomic E-state index is 0.182. The molecular formula is C16H20N4O2. The van der Waals surface area contributed by atoms with Crippen LogP contribution in [0.5, 0.6) is 6.01 Å². The number of benzene rings is 1. The number of nitrogens with one attached hydrogen (secondary N) is 1. The monoisotopic (exact) mass is 300 g/mol. The normalized spacial score (nSPS) is 10.2. The summed E-state index contributed by atoms with van der Waals surface area (Å²) in [5.74, 6) is 0.406. The second-order valence-corrected chi connectivity index (χ2v) is 5.26. The topological polar surface area (TPSA) is 67.3 Å². The Labute approximate surface area is 130 Å². The van der Waals surface area contributed by atoms with Crippen molar-refractivity contribution in [1.82, 2.24) is 9.97 Å². The summed E-state index contributed by atoms with van der Waals surface area (Å²) in [7, 11) is 5.19. The van der Waals surface area contributed by atoms with Crippen molar-refractivity contribution in [3.05, 3.63) is 41.1 Å². The van der Waals surface area contributed by atoms with E-state index in [-0.39, 0.29) is 11.9 Å². The van der Waals surface area contributed by atoms with Crippen molar-refractivity contribution >= 4 is 17.4 Å². The van der Waals surface area contributed by atoms with Gasteiger partial charge < -0.3 is 15.0 Å². The van der Waals surface area contributed by atoms with Crippen molar-refractivity contribution in [1.29, 1.82) is 0 Å². The molecule has 0 atom stereocenters. The van der Waals surface area contributed by atoms with E-state index in [2.05, 4.69) is 15.3 Å². The molecule has 0 bridgehead atoms. The summed E-state index contributed by atoms with van der Waals surface area (Å²) in [6, 6.07) is 6.04. The van der Waals surface area contributed by atoms with E-state index in [1.165, 1.54) is 7.11 Å². The van der Waals surface area contributed by atoms with Gasteiger partial charge >= 0.3 is 6.01 Å². The van der Waals surface area contributed by atoms with Crippen molar-refractivity contribution in [3.63, 3.8) is 0 Å². The molecule has 6 heteroatoms. The van der Waals surface area contributed by atoms with Crippen LogP contribution in [-0.4, -0.2) is 37.1 Å². The Bertz CT molecular complexity index is 699. The highest BCUT2D eigenvalue weighted by atomic mass is 16.5. The maximum absolute atomic E-state index is 12.5. The summed E-state index contributed by atoms with van der Waals surface area (Å²) in [5, 5.41) is 2.87. The molecule has 0 saturated carbocycles. The van der Waals surface area contributed by atoms with Crippen molar-refractivity contribution in [3.8, 4) is 6.01 Å². The number of hydrogen-bond acceptors (Lipinski definition) is 5. The van der Waals surface area contributed by atoms with E-state index in [1.54, 1.807) is 11.1 Å². The third-order valence-corrected chi connectivity index (χ3v) is 3.24. The Hall–Kier alpha value is -2.63. The molecular weight excluding hydrogens is 280 g/mol. The molecule has 1 aromatic carbocycles. The van der Waals surface area contributed by atoms with Crippen LogP contribution in [-0.2, 0) is 0 Å². The first-order valence-corrected chi connectivity index (χ1v) is 6.89. The van der Waals surface area contributed by atoms with Gasteiger partial charge in [-0.1, -0.05) is 17.7 Å². The molecule has 1 N–H and O–H groups in total. The van der Waals surface area contributed by atoms with Gasteiger partial charge in [-0.25, -0.2) is 4.98 Å². The number of carbonyl (C=O) groups is 1. The van der Waals surface area contributed by atoms with Crippen molar-refractivity contribution in [2.24, 2.45) is 0 Å². The fourth-order valence-electron chi connectivity index (χ4n) is 2.05. The van der Waals surface area contributed by atoms with Gasteiger partial charge in [-0.3, -0.25) is 4.79 Å². The van der Waals surface area contributed by atoms with Gasteiger partial charge in [-0.2, -0.15) is 4.98 Å². The van der Waals surface area contributed by atoms with Gasteiger partial charge in [0.05, 0.1) is 13.3 Å². The molecule has 1 aromatic heterocycles. The molecule has 0 spiro atoms. The predicted molar refractivity (Wildman–Crippen MR) is 86.8 cm³/mol. The Morgan fingerprint density at radius 2 is 2.00 bits per heavy atom. The third-order valence-electron chi connectivity index (χ3n) is 3.24. The summed E-state index contributed by atoms with van der Waals surface area (Å²) in [5.41, 5.74) is 3.13. The molecule has 6 nitrogen and oxygen atoms in total. The number of nitrogens with zero attached hydrogens (tertiary/aromatic N) is 3. The van der Waals surface area contributed by atoms with Crippen LogP contribution in [0.2, 0.25) is 0 Å². The first-order chi connectivity index (χ1) is 10.4. The molecule has 0 saturated heterocycles. The largest absolute Gasteiger partial charge is 0.467 e. The lowest BCUT2D eigenvalue weighted by Crippen LogP contribution is -2.19. The maximum Gasteiger partial charge on any atom is 0.318 e. The zero-order valence-electron chi connectivity index (χ0n) is 13.5. The molecule has 0 aliphatic rings. The maximum atomic E-state index is 12.5. The van der Waals surface area contributed by atoms with Crippen LogP contribution >= 0.6 is 0 Å². The minimum atomic E-state index is -0.182. The van der Waals surface area contributed by atoms with E-state index in [9.17, 15) is 4.79 Å². The van der Waals surface area contributed by atoms with E-state index >= 15 is 0 Å². The van der Waals surface area contributed by atoms with Crippen LogP contribution in [0.15, 0.2) is 24.4 Å². The van der Waals surface area contributed by atoms with E-state index in [4.69, 9.17) is 4.74 Å². The van der Waals surface area contributed by atoms with E-state index < -0.39 is 0 Å². The summed E-state index contributed by atoms with van der Waals surface area (Å²) < 4.78 is 5.02. The fourth-order valence-corrected chi connectivity index (χ4v) is 2.05. The molecule has 2 aromatic rings. The average molecular weight is 300 g/mol. The van der Waals surface area contributed by atoms with Gasteiger partial charge in [-0.15, -0.1) is 0 Å². The van der Waals surface area contributed by atoms with Gasteiger partial charge in [0.2, 0.25) is 0 Å². The highest BCUT2D eigenvalue weighted by Crippen LogP contribution is 2.24. The Balaban J connectivity index is 2.34. The zero-order valence-corrected chi connectivity index (χ0v) is 13.5. The van der Waals surface area contributed by atoms with Crippen molar-refractivity contribution in [2.75, 3.05) is 31.4 Å². The number of hydrogen-bond donors (Lipinski definition) is 1. The minimum Gasteiger partial charge on any atom is -0.467 e. The van der Waals surface area contributed by atoms with Crippen LogP contribution in [0.3, 0.4) is 0 Å². The highest BCUT2D eigenvalue weighted by molar-refractivity contribution is 6.06. The first kappa shape index (κ1) is 15.8. The van der Waals surface area contributed by atoms with Crippen LogP contribution in [0.25, 0.3) is 0 Å². The number of aryl methyl sites for hydroxylation is 2. The van der Waals surface area contributed by atoms with Gasteiger partial charge in [0.1, 0.15) is 5.69 Å². The molecule has 22 heavy (non-hydrogen) atoms. The molecule has 0 radical (unpaired) electrons. The number of ether oxygens (including phenoxy) is 1. The molecule has 1 amide bonds. The van der Waals surface area contributed by atoms with Crippen LogP contribution in [0.4, 0.5) is 11.5 Å². The Morgan fingerprint density at radius 1 is 1.27 bits per heavy atom. The lowest BCUT2D eigenvalue weighted by molar-refractivity contribution is 0.102. The number of carbonyl (C=O) groups excluding carboxylic acids is 1. The lowest BCUT2D eigenvalue weighted by atomic mass is 10.1. The summed E-state index contributed by atoms with van der Waals surface area (Å²) in [4.78, 5) is 22.6. The second kappa shape index (κ2) is 6.43. The lowest BCUT2D eigenvalue weighted by Gasteiger charge is -2.17. The number of rotatable bonds is 4. The van der Waals surface area contributed by atoms with Crippen molar-refractivity contribution in [2.45, 2.75) is 13.8 Å². The van der Waals surface area contributed by atoms with Crippen molar-refractivity contribution < 1.29 is 9.53 Å². The summed E-state index contributed by atoms with van der Waals surface area (Å²) in [6.07, 6.45) is 1.55. The zero-order chi connectivity index (χ0) is 16.3. The highest BCUT2D eigenvalue weighted by Gasteiger charge is 2.15. The molecule has 116 valence electrons. The molecule has 0 unspecified atom stereocenters. The third kappa shape index (κ3) is 3.33. The Morgan fingerprint density at radius 3 is 2.64 bits per heavy atom. The van der Waals surface area contributed by atoms with Crippen LogP contribution in [0.1, 0.15) is 21.5 Å². The second-order valence-electron chi connectivity index (χ2n) is 5.26. The van der Waals surface area contributed by atoms with E-state index in [0.29, 0.717) is 17.1 Å². The number of amides is 1. The average Bonchev–Trinajstić information content (AvgIpc) is 2.49. The number of methoxy groups -OCH3 is 1. The number of anilines is 2. The smallest absolute Gasteiger partial charge is 0.318 e. The molecule has 1 heterocycles. The van der Waals surface area contributed by atoms with E-state index in [0.717, 1.165) is 11.1 Å². The Kier molecular flexibility index (Phi) is 4.60. The fraction of sp³-hybridized carbons (Fsp3) is 0.312. The van der Waals surface area contributed by atoms with Crippen LogP contribution in [0, 0.1) is 13.8 Å².